The Morgan fingerprint density at radius 1 is 0.968 bits per heavy atom. The van der Waals surface area contributed by atoms with Crippen LogP contribution < -0.4 is 26.1 Å². The number of rotatable bonds is 7. The molecule has 3 amide bonds. The van der Waals surface area contributed by atoms with Gasteiger partial charge in [0.2, 0.25) is 11.8 Å². The minimum absolute atomic E-state index is 0.0930. The van der Waals surface area contributed by atoms with Gasteiger partial charge in [0.25, 0.3) is 11.8 Å². The molecule has 0 unspecified atom stereocenters. The Labute approximate surface area is 182 Å². The first-order valence-electron chi connectivity index (χ1n) is 8.85. The van der Waals surface area contributed by atoms with Crippen LogP contribution >= 0.6 is 11.6 Å². The lowest BCUT2D eigenvalue weighted by Crippen LogP contribution is -2.28. The van der Waals surface area contributed by atoms with E-state index in [-0.39, 0.29) is 28.3 Å². The number of hydroxylamine groups is 1. The molecule has 0 saturated carbocycles. The Kier molecular flexibility index (Phi) is 6.68. The van der Waals surface area contributed by atoms with E-state index in [1.807, 2.05) is 0 Å². The molecule has 0 aliphatic carbocycles. The van der Waals surface area contributed by atoms with Crippen LogP contribution in [0.1, 0.15) is 31.1 Å². The molecule has 2 aromatic carbocycles. The zero-order valence-electron chi connectivity index (χ0n) is 16.2. The highest BCUT2D eigenvalue weighted by atomic mass is 35.5. The maximum absolute atomic E-state index is 12.7. The summed E-state index contributed by atoms with van der Waals surface area (Å²) in [6.45, 7) is 0. The zero-order chi connectivity index (χ0) is 22.4. The van der Waals surface area contributed by atoms with Gasteiger partial charge in [0, 0.05) is 23.4 Å². The third-order valence-corrected chi connectivity index (χ3v) is 4.32. The predicted octanol–water partition coefficient (Wildman–Crippen LogP) is 2.82. The van der Waals surface area contributed by atoms with Crippen molar-refractivity contribution in [2.24, 2.45) is 5.73 Å². The Hall–Kier alpha value is -4.11. The minimum atomic E-state index is -0.643. The summed E-state index contributed by atoms with van der Waals surface area (Å²) >= 11 is 5.77. The van der Waals surface area contributed by atoms with Gasteiger partial charge in [-0.2, -0.15) is 5.48 Å². The van der Waals surface area contributed by atoms with E-state index in [2.05, 4.69) is 15.8 Å². The molecule has 0 bridgehead atoms. The Morgan fingerprint density at radius 2 is 1.68 bits per heavy atom. The normalized spacial score (nSPS) is 10.1. The molecule has 10 heteroatoms. The summed E-state index contributed by atoms with van der Waals surface area (Å²) < 4.78 is 5.16. The van der Waals surface area contributed by atoms with E-state index in [0.29, 0.717) is 10.8 Å². The summed E-state index contributed by atoms with van der Waals surface area (Å²) in [6.07, 6.45) is 1.36. The van der Waals surface area contributed by atoms with Crippen LogP contribution in [0.2, 0.25) is 5.02 Å². The second kappa shape index (κ2) is 9.59. The van der Waals surface area contributed by atoms with Crippen LogP contribution in [-0.2, 0) is 0 Å². The maximum atomic E-state index is 12.7. The molecule has 0 spiro atoms. The molecule has 1 heterocycles. The topological polar surface area (TPSA) is 133 Å². The molecule has 3 rings (SSSR count). The van der Waals surface area contributed by atoms with Gasteiger partial charge in [-0.05, 0) is 48.5 Å². The fourth-order valence-electron chi connectivity index (χ4n) is 2.50. The Balaban J connectivity index is 1.78. The van der Waals surface area contributed by atoms with Crippen molar-refractivity contribution in [2.75, 3.05) is 12.4 Å². The van der Waals surface area contributed by atoms with Crippen molar-refractivity contribution >= 4 is 35.0 Å². The second-order valence-corrected chi connectivity index (χ2v) is 6.59. The lowest BCUT2D eigenvalue weighted by Gasteiger charge is -2.13. The van der Waals surface area contributed by atoms with Crippen molar-refractivity contribution in [3.8, 4) is 11.6 Å². The highest BCUT2D eigenvalue weighted by Crippen LogP contribution is 2.23. The van der Waals surface area contributed by atoms with Crippen molar-refractivity contribution in [1.29, 1.82) is 0 Å². The smallest absolute Gasteiger partial charge is 0.286 e. The molecule has 0 radical (unpaired) electrons. The number of ether oxygens (including phenoxy) is 1. The first-order chi connectivity index (χ1) is 14.9. The zero-order valence-corrected chi connectivity index (χ0v) is 17.0. The van der Waals surface area contributed by atoms with E-state index in [1.165, 1.54) is 55.8 Å². The van der Waals surface area contributed by atoms with Gasteiger partial charge in [-0.15, -0.1) is 0 Å². The SMILES string of the molecule is COc1ccc(NC(=O)c2ccc(C(N)=O)cc2)c(C(=O)NOc2ccc(Cl)cn2)c1. The van der Waals surface area contributed by atoms with E-state index in [0.717, 1.165) is 0 Å². The molecule has 1 aromatic heterocycles. The predicted molar refractivity (Wildman–Crippen MR) is 113 cm³/mol. The summed E-state index contributed by atoms with van der Waals surface area (Å²) in [7, 11) is 1.45. The van der Waals surface area contributed by atoms with E-state index in [4.69, 9.17) is 26.9 Å². The fraction of sp³-hybridized carbons (Fsp3) is 0.0476. The molecule has 0 fully saturated rings. The van der Waals surface area contributed by atoms with Gasteiger partial charge < -0.3 is 20.6 Å². The van der Waals surface area contributed by atoms with Crippen LogP contribution in [0.4, 0.5) is 5.69 Å². The van der Waals surface area contributed by atoms with E-state index < -0.39 is 17.7 Å². The van der Waals surface area contributed by atoms with Crippen molar-refractivity contribution in [3.63, 3.8) is 0 Å². The number of methoxy groups -OCH3 is 1. The molecule has 0 atom stereocenters. The number of nitrogens with one attached hydrogen (secondary N) is 2. The van der Waals surface area contributed by atoms with E-state index >= 15 is 0 Å². The van der Waals surface area contributed by atoms with Crippen LogP contribution in [0.15, 0.2) is 60.8 Å². The van der Waals surface area contributed by atoms with Gasteiger partial charge in [0.1, 0.15) is 5.75 Å². The number of hydrogen-bond donors (Lipinski definition) is 3. The number of halogens is 1. The lowest BCUT2D eigenvalue weighted by atomic mass is 10.1. The van der Waals surface area contributed by atoms with Crippen LogP contribution in [-0.4, -0.2) is 29.8 Å². The summed E-state index contributed by atoms with van der Waals surface area (Å²) in [5, 5.41) is 3.07. The summed E-state index contributed by atoms with van der Waals surface area (Å²) in [6, 6.07) is 13.4. The average molecular weight is 441 g/mol. The van der Waals surface area contributed by atoms with Crippen molar-refractivity contribution in [3.05, 3.63) is 82.5 Å². The molecule has 31 heavy (non-hydrogen) atoms. The first-order valence-corrected chi connectivity index (χ1v) is 9.23. The summed E-state index contributed by atoms with van der Waals surface area (Å²) in [5.74, 6) is -1.21. The second-order valence-electron chi connectivity index (χ2n) is 6.16. The summed E-state index contributed by atoms with van der Waals surface area (Å²) in [4.78, 5) is 45.5. The van der Waals surface area contributed by atoms with Crippen molar-refractivity contribution in [2.45, 2.75) is 0 Å². The number of amides is 3. The number of carbonyl (C=O) groups excluding carboxylic acids is 3. The Bertz CT molecular complexity index is 1120. The number of hydrogen-bond acceptors (Lipinski definition) is 6. The fourth-order valence-corrected chi connectivity index (χ4v) is 2.62. The molecule has 158 valence electrons. The van der Waals surface area contributed by atoms with E-state index in [1.54, 1.807) is 12.1 Å². The average Bonchev–Trinajstić information content (AvgIpc) is 2.78. The molecular weight excluding hydrogens is 424 g/mol. The molecule has 4 N–H and O–H groups in total. The quantitative estimate of drug-likeness (QED) is 0.484. The van der Waals surface area contributed by atoms with Gasteiger partial charge in [-0.3, -0.25) is 14.4 Å². The molecule has 3 aromatic rings. The monoisotopic (exact) mass is 440 g/mol. The number of nitrogens with two attached hydrogens (primary N) is 1. The highest BCUT2D eigenvalue weighted by Gasteiger charge is 2.17. The number of carbonyl (C=O) groups is 3. The largest absolute Gasteiger partial charge is 0.497 e. The van der Waals surface area contributed by atoms with Crippen molar-refractivity contribution in [1.82, 2.24) is 10.5 Å². The van der Waals surface area contributed by atoms with Crippen LogP contribution in [0.25, 0.3) is 0 Å². The number of pyridine rings is 1. The summed E-state index contributed by atoms with van der Waals surface area (Å²) in [5.41, 5.74) is 8.31. The number of benzene rings is 2. The number of anilines is 1. The van der Waals surface area contributed by atoms with Gasteiger partial charge in [-0.25, -0.2) is 4.98 Å². The van der Waals surface area contributed by atoms with Gasteiger partial charge in [-0.1, -0.05) is 11.6 Å². The molecule has 0 aliphatic heterocycles. The molecule has 0 saturated heterocycles. The maximum Gasteiger partial charge on any atom is 0.286 e. The third kappa shape index (κ3) is 5.49. The van der Waals surface area contributed by atoms with Crippen LogP contribution in [0.5, 0.6) is 11.6 Å². The first kappa shape index (κ1) is 21.6. The van der Waals surface area contributed by atoms with Gasteiger partial charge in [0.15, 0.2) is 0 Å². The van der Waals surface area contributed by atoms with Gasteiger partial charge >= 0.3 is 0 Å². The number of aromatic nitrogens is 1. The molecule has 9 nitrogen and oxygen atoms in total. The lowest BCUT2D eigenvalue weighted by molar-refractivity contribution is 0.0751. The van der Waals surface area contributed by atoms with Crippen LogP contribution in [0.3, 0.4) is 0 Å². The molecule has 0 aliphatic rings. The minimum Gasteiger partial charge on any atom is -0.497 e. The number of primary amides is 1. The van der Waals surface area contributed by atoms with Gasteiger partial charge in [0.05, 0.1) is 23.4 Å². The highest BCUT2D eigenvalue weighted by molar-refractivity contribution is 6.30. The third-order valence-electron chi connectivity index (χ3n) is 4.10. The standard InChI is InChI=1S/C21H17ClN4O5/c1-30-15-7-8-17(25-20(28)13-4-2-12(3-5-13)19(23)27)16(10-15)21(29)26-31-18-9-6-14(22)11-24-18/h2-11H,1H3,(H2,23,27)(H,25,28)(H,26,29). The van der Waals surface area contributed by atoms with E-state index in [9.17, 15) is 14.4 Å². The number of nitrogens with zero attached hydrogens (tertiary/aromatic N) is 1. The molecular formula is C21H17ClN4O5. The van der Waals surface area contributed by atoms with Crippen LogP contribution in [0, 0.1) is 0 Å². The Morgan fingerprint density at radius 3 is 2.29 bits per heavy atom. The van der Waals surface area contributed by atoms with Crippen molar-refractivity contribution < 1.29 is 24.0 Å².